The molecule has 0 radical (unpaired) electrons. The molecule has 0 spiro atoms. The zero-order valence-electron chi connectivity index (χ0n) is 10.1. The van der Waals surface area contributed by atoms with E-state index >= 15 is 0 Å². The van der Waals surface area contributed by atoms with Crippen LogP contribution in [0.1, 0.15) is 5.56 Å². The van der Waals surface area contributed by atoms with Crippen LogP contribution in [0.3, 0.4) is 0 Å². The van der Waals surface area contributed by atoms with Crippen molar-refractivity contribution >= 4 is 29.2 Å². The van der Waals surface area contributed by atoms with Crippen LogP contribution < -0.4 is 10.5 Å². The van der Waals surface area contributed by atoms with Gasteiger partial charge in [-0.25, -0.2) is 14.4 Å². The Balaban J connectivity index is 2.10. The summed E-state index contributed by atoms with van der Waals surface area (Å²) in [7, 11) is 1.49. The van der Waals surface area contributed by atoms with Gasteiger partial charge >= 0.3 is 0 Å². The van der Waals surface area contributed by atoms with Gasteiger partial charge in [0.05, 0.1) is 7.11 Å². The van der Waals surface area contributed by atoms with Gasteiger partial charge in [0.25, 0.3) is 0 Å². The van der Waals surface area contributed by atoms with E-state index in [1.54, 1.807) is 12.1 Å². The fourth-order valence-electron chi connectivity index (χ4n) is 1.39. The Morgan fingerprint density at radius 2 is 2.16 bits per heavy atom. The van der Waals surface area contributed by atoms with Crippen LogP contribution >= 0.6 is 23.4 Å². The van der Waals surface area contributed by atoms with Crippen LogP contribution in [0.2, 0.25) is 5.15 Å². The number of thioether (sulfide) groups is 1. The molecule has 2 aromatic rings. The van der Waals surface area contributed by atoms with Gasteiger partial charge in [0.1, 0.15) is 22.5 Å². The molecule has 0 fully saturated rings. The highest BCUT2D eigenvalue weighted by Crippen LogP contribution is 2.25. The Morgan fingerprint density at radius 3 is 2.79 bits per heavy atom. The smallest absolute Gasteiger partial charge is 0.191 e. The van der Waals surface area contributed by atoms with E-state index in [1.807, 2.05) is 0 Å². The maximum absolute atomic E-state index is 13.7. The third kappa shape index (κ3) is 3.71. The number of halogens is 2. The van der Waals surface area contributed by atoms with Gasteiger partial charge in [-0.2, -0.15) is 0 Å². The fourth-order valence-corrected chi connectivity index (χ4v) is 2.49. The molecule has 1 aromatic carbocycles. The zero-order chi connectivity index (χ0) is 13.8. The van der Waals surface area contributed by atoms with Crippen LogP contribution in [0.4, 0.5) is 10.2 Å². The van der Waals surface area contributed by atoms with E-state index in [2.05, 4.69) is 9.97 Å². The second-order valence-electron chi connectivity index (χ2n) is 3.64. The maximum atomic E-state index is 13.7. The zero-order valence-corrected chi connectivity index (χ0v) is 11.6. The van der Waals surface area contributed by atoms with E-state index < -0.39 is 0 Å². The van der Waals surface area contributed by atoms with E-state index in [9.17, 15) is 4.39 Å². The normalized spacial score (nSPS) is 10.5. The van der Waals surface area contributed by atoms with Gasteiger partial charge in [-0.15, -0.1) is 0 Å². The summed E-state index contributed by atoms with van der Waals surface area (Å²) in [6.45, 7) is 0. The monoisotopic (exact) mass is 299 g/mol. The van der Waals surface area contributed by atoms with Crippen molar-refractivity contribution in [2.45, 2.75) is 10.9 Å². The summed E-state index contributed by atoms with van der Waals surface area (Å²) in [6.07, 6.45) is 0. The lowest BCUT2D eigenvalue weighted by atomic mass is 10.2. The number of hydrogen-bond donors (Lipinski definition) is 1. The molecule has 2 N–H and O–H groups in total. The Kier molecular flexibility index (Phi) is 4.44. The lowest BCUT2D eigenvalue weighted by molar-refractivity contribution is 0.411. The molecule has 7 heteroatoms. The molecule has 100 valence electrons. The molecule has 0 saturated carbocycles. The number of rotatable bonds is 4. The first-order chi connectivity index (χ1) is 9.08. The van der Waals surface area contributed by atoms with Gasteiger partial charge < -0.3 is 10.5 Å². The van der Waals surface area contributed by atoms with Gasteiger partial charge in [-0.1, -0.05) is 29.4 Å². The predicted octanol–water partition coefficient (Wildman–Crippen LogP) is 3.15. The standard InChI is InChI=1S/C12H11ClFN3OS/c1-18-8-3-2-7(9(14)4-8)6-19-12-16-10(13)5-11(15)17-12/h2-5H,6H2,1H3,(H2,15,16,17). The van der Waals surface area contributed by atoms with E-state index in [0.717, 1.165) is 0 Å². The van der Waals surface area contributed by atoms with E-state index in [4.69, 9.17) is 22.1 Å². The van der Waals surface area contributed by atoms with E-state index in [0.29, 0.717) is 22.2 Å². The van der Waals surface area contributed by atoms with Gasteiger partial charge in [0.2, 0.25) is 0 Å². The molecule has 0 saturated heterocycles. The van der Waals surface area contributed by atoms with Gasteiger partial charge in [-0.3, -0.25) is 0 Å². The van der Waals surface area contributed by atoms with Gasteiger partial charge in [0.15, 0.2) is 5.16 Å². The number of anilines is 1. The largest absolute Gasteiger partial charge is 0.497 e. The molecular formula is C12H11ClFN3OS. The summed E-state index contributed by atoms with van der Waals surface area (Å²) in [5, 5.41) is 0.686. The molecule has 0 bridgehead atoms. The van der Waals surface area contributed by atoms with Crippen LogP contribution in [0, 0.1) is 5.82 Å². The van der Waals surface area contributed by atoms with Gasteiger partial charge in [-0.05, 0) is 11.6 Å². The summed E-state index contributed by atoms with van der Waals surface area (Å²) in [5.74, 6) is 0.823. The number of ether oxygens (including phenoxy) is 1. The summed E-state index contributed by atoms with van der Waals surface area (Å²) < 4.78 is 18.7. The first-order valence-electron chi connectivity index (χ1n) is 5.34. The molecule has 0 aliphatic heterocycles. The minimum Gasteiger partial charge on any atom is -0.497 e. The molecule has 0 aliphatic rings. The first kappa shape index (κ1) is 13.9. The maximum Gasteiger partial charge on any atom is 0.191 e. The highest BCUT2D eigenvalue weighted by atomic mass is 35.5. The quantitative estimate of drug-likeness (QED) is 0.534. The highest BCUT2D eigenvalue weighted by Gasteiger charge is 2.07. The number of nitrogen functional groups attached to an aromatic ring is 1. The SMILES string of the molecule is COc1ccc(CSc2nc(N)cc(Cl)n2)c(F)c1. The van der Waals surface area contributed by atoms with Crippen LogP contribution in [-0.4, -0.2) is 17.1 Å². The Bertz CT molecular complexity index is 577. The number of nitrogens with two attached hydrogens (primary N) is 1. The molecule has 2 rings (SSSR count). The van der Waals surface area contributed by atoms with Crippen molar-refractivity contribution in [3.05, 3.63) is 40.8 Å². The summed E-state index contributed by atoms with van der Waals surface area (Å²) >= 11 is 7.03. The third-order valence-electron chi connectivity index (χ3n) is 2.31. The molecule has 0 amide bonds. The number of methoxy groups -OCH3 is 1. The second kappa shape index (κ2) is 6.08. The first-order valence-corrected chi connectivity index (χ1v) is 6.70. The summed E-state index contributed by atoms with van der Waals surface area (Å²) in [6, 6.07) is 6.16. The van der Waals surface area contributed by atoms with Crippen molar-refractivity contribution in [1.82, 2.24) is 9.97 Å². The minimum atomic E-state index is -0.332. The lowest BCUT2D eigenvalue weighted by Crippen LogP contribution is -1.96. The van der Waals surface area contributed by atoms with Crippen LogP contribution in [0.5, 0.6) is 5.75 Å². The van der Waals surface area contributed by atoms with Crippen LogP contribution in [0.15, 0.2) is 29.4 Å². The molecule has 0 aliphatic carbocycles. The molecule has 1 heterocycles. The van der Waals surface area contributed by atoms with Crippen molar-refractivity contribution in [1.29, 1.82) is 0 Å². The Labute approximate surface area is 119 Å². The summed E-state index contributed by atoms with van der Waals surface area (Å²) in [4.78, 5) is 8.01. The second-order valence-corrected chi connectivity index (χ2v) is 4.97. The summed E-state index contributed by atoms with van der Waals surface area (Å²) in [5.41, 5.74) is 6.09. The number of benzene rings is 1. The molecule has 0 atom stereocenters. The van der Waals surface area contributed by atoms with Crippen molar-refractivity contribution in [2.24, 2.45) is 0 Å². The average molecular weight is 300 g/mol. The molecule has 0 unspecified atom stereocenters. The fraction of sp³-hybridized carbons (Fsp3) is 0.167. The van der Waals surface area contributed by atoms with Crippen LogP contribution in [-0.2, 0) is 5.75 Å². The number of hydrogen-bond acceptors (Lipinski definition) is 5. The van der Waals surface area contributed by atoms with E-state index in [-0.39, 0.29) is 16.8 Å². The highest BCUT2D eigenvalue weighted by molar-refractivity contribution is 7.98. The molecule has 1 aromatic heterocycles. The Hall–Kier alpha value is -1.53. The van der Waals surface area contributed by atoms with Crippen LogP contribution in [0.25, 0.3) is 0 Å². The van der Waals surface area contributed by atoms with Crippen molar-refractivity contribution in [3.63, 3.8) is 0 Å². The molecule has 19 heavy (non-hydrogen) atoms. The molecule has 4 nitrogen and oxygen atoms in total. The predicted molar refractivity (Wildman–Crippen MR) is 74.0 cm³/mol. The Morgan fingerprint density at radius 1 is 1.37 bits per heavy atom. The van der Waals surface area contributed by atoms with Crippen molar-refractivity contribution < 1.29 is 9.13 Å². The number of nitrogens with zero attached hydrogens (tertiary/aromatic N) is 2. The van der Waals surface area contributed by atoms with Crippen molar-refractivity contribution in [3.8, 4) is 5.75 Å². The number of aromatic nitrogens is 2. The lowest BCUT2D eigenvalue weighted by Gasteiger charge is -2.05. The molecular weight excluding hydrogens is 289 g/mol. The van der Waals surface area contributed by atoms with E-state index in [1.165, 1.54) is 31.0 Å². The third-order valence-corrected chi connectivity index (χ3v) is 3.40. The minimum absolute atomic E-state index is 0.269. The topological polar surface area (TPSA) is 61.0 Å². The van der Waals surface area contributed by atoms with Crippen molar-refractivity contribution in [2.75, 3.05) is 12.8 Å². The van der Waals surface area contributed by atoms with Gasteiger partial charge in [0, 0.05) is 17.9 Å². The average Bonchev–Trinajstić information content (AvgIpc) is 2.36.